The van der Waals surface area contributed by atoms with Gasteiger partial charge in [0.2, 0.25) is 5.89 Å². The summed E-state index contributed by atoms with van der Waals surface area (Å²) in [6, 6.07) is 3.79. The van der Waals surface area contributed by atoms with Gasteiger partial charge >= 0.3 is 0 Å². The van der Waals surface area contributed by atoms with Crippen molar-refractivity contribution < 1.29 is 4.52 Å². The molecule has 2 N–H and O–H groups in total. The SMILES string of the molecule is NC(c1nc(Cc2ccncc2)no1)C1CCCCC1. The molecule has 0 saturated heterocycles. The van der Waals surface area contributed by atoms with E-state index in [-0.39, 0.29) is 6.04 Å². The Kier molecular flexibility index (Phi) is 4.06. The lowest BCUT2D eigenvalue weighted by Gasteiger charge is -2.24. The summed E-state index contributed by atoms with van der Waals surface area (Å²) in [6.45, 7) is 0. The third-order valence-electron chi connectivity index (χ3n) is 4.04. The van der Waals surface area contributed by atoms with E-state index in [1.54, 1.807) is 12.4 Å². The first-order chi connectivity index (χ1) is 9.83. The molecule has 1 unspecified atom stereocenters. The molecule has 0 bridgehead atoms. The molecule has 0 aliphatic heterocycles. The predicted molar refractivity (Wildman–Crippen MR) is 74.8 cm³/mol. The van der Waals surface area contributed by atoms with E-state index in [9.17, 15) is 0 Å². The monoisotopic (exact) mass is 272 g/mol. The molecule has 2 aromatic heterocycles. The number of rotatable bonds is 4. The Balaban J connectivity index is 1.66. The van der Waals surface area contributed by atoms with Crippen molar-refractivity contribution in [1.29, 1.82) is 0 Å². The fraction of sp³-hybridized carbons (Fsp3) is 0.533. The zero-order valence-corrected chi connectivity index (χ0v) is 11.5. The normalized spacial score (nSPS) is 18.1. The highest BCUT2D eigenvalue weighted by atomic mass is 16.5. The van der Waals surface area contributed by atoms with E-state index in [0.29, 0.717) is 24.1 Å². The molecule has 0 amide bonds. The summed E-state index contributed by atoms with van der Waals surface area (Å²) in [6.07, 6.45) is 10.4. The van der Waals surface area contributed by atoms with E-state index in [4.69, 9.17) is 10.3 Å². The highest BCUT2D eigenvalue weighted by Crippen LogP contribution is 2.32. The molecule has 1 aliphatic carbocycles. The van der Waals surface area contributed by atoms with Crippen molar-refractivity contribution >= 4 is 0 Å². The molecule has 20 heavy (non-hydrogen) atoms. The Hall–Kier alpha value is -1.75. The van der Waals surface area contributed by atoms with Gasteiger partial charge in [0.1, 0.15) is 0 Å². The zero-order chi connectivity index (χ0) is 13.8. The van der Waals surface area contributed by atoms with Crippen LogP contribution in [0.1, 0.15) is 55.4 Å². The molecule has 0 radical (unpaired) electrons. The minimum Gasteiger partial charge on any atom is -0.338 e. The van der Waals surface area contributed by atoms with Gasteiger partial charge < -0.3 is 10.3 Å². The van der Waals surface area contributed by atoms with Crippen LogP contribution < -0.4 is 5.73 Å². The number of hydrogen-bond donors (Lipinski definition) is 1. The van der Waals surface area contributed by atoms with Crippen LogP contribution in [0.25, 0.3) is 0 Å². The molecule has 0 aromatic carbocycles. The first-order valence-electron chi connectivity index (χ1n) is 7.30. The van der Waals surface area contributed by atoms with Gasteiger partial charge in [0.05, 0.1) is 6.04 Å². The van der Waals surface area contributed by atoms with Gasteiger partial charge in [-0.1, -0.05) is 24.4 Å². The van der Waals surface area contributed by atoms with Gasteiger partial charge in [0, 0.05) is 18.8 Å². The second kappa shape index (κ2) is 6.13. The summed E-state index contributed by atoms with van der Waals surface area (Å²) < 4.78 is 5.35. The second-order valence-corrected chi connectivity index (χ2v) is 5.50. The fourth-order valence-electron chi connectivity index (χ4n) is 2.85. The van der Waals surface area contributed by atoms with Gasteiger partial charge in [-0.05, 0) is 36.5 Å². The van der Waals surface area contributed by atoms with E-state index in [1.807, 2.05) is 12.1 Å². The van der Waals surface area contributed by atoms with Crippen LogP contribution in [-0.2, 0) is 6.42 Å². The topological polar surface area (TPSA) is 77.8 Å². The smallest absolute Gasteiger partial charge is 0.243 e. The van der Waals surface area contributed by atoms with Gasteiger partial charge in [-0.3, -0.25) is 4.98 Å². The van der Waals surface area contributed by atoms with Crippen LogP contribution in [0.15, 0.2) is 29.0 Å². The second-order valence-electron chi connectivity index (χ2n) is 5.50. The molecule has 5 heteroatoms. The van der Waals surface area contributed by atoms with Gasteiger partial charge in [0.15, 0.2) is 5.82 Å². The van der Waals surface area contributed by atoms with E-state index < -0.39 is 0 Å². The summed E-state index contributed by atoms with van der Waals surface area (Å²) in [5, 5.41) is 4.04. The average molecular weight is 272 g/mol. The molecule has 1 aliphatic rings. The van der Waals surface area contributed by atoms with Gasteiger partial charge in [-0.25, -0.2) is 0 Å². The molecule has 3 rings (SSSR count). The Labute approximate surface area is 118 Å². The molecule has 1 saturated carbocycles. The van der Waals surface area contributed by atoms with Crippen molar-refractivity contribution in [1.82, 2.24) is 15.1 Å². The third-order valence-corrected chi connectivity index (χ3v) is 4.04. The summed E-state index contributed by atoms with van der Waals surface area (Å²) in [4.78, 5) is 8.45. The average Bonchev–Trinajstić information content (AvgIpc) is 2.97. The maximum atomic E-state index is 6.27. The quantitative estimate of drug-likeness (QED) is 0.925. The van der Waals surface area contributed by atoms with Crippen molar-refractivity contribution in [3.8, 4) is 0 Å². The highest BCUT2D eigenvalue weighted by molar-refractivity contribution is 5.15. The fourth-order valence-corrected chi connectivity index (χ4v) is 2.85. The number of hydrogen-bond acceptors (Lipinski definition) is 5. The highest BCUT2D eigenvalue weighted by Gasteiger charge is 2.26. The van der Waals surface area contributed by atoms with Crippen LogP contribution in [-0.4, -0.2) is 15.1 Å². The lowest BCUT2D eigenvalue weighted by atomic mass is 9.84. The van der Waals surface area contributed by atoms with Gasteiger partial charge in [-0.2, -0.15) is 4.98 Å². The summed E-state index contributed by atoms with van der Waals surface area (Å²) in [7, 11) is 0. The van der Waals surface area contributed by atoms with Crippen molar-refractivity contribution in [2.75, 3.05) is 0 Å². The number of pyridine rings is 1. The van der Waals surface area contributed by atoms with Crippen LogP contribution in [0.5, 0.6) is 0 Å². The van der Waals surface area contributed by atoms with Crippen LogP contribution in [0.4, 0.5) is 0 Å². The Morgan fingerprint density at radius 1 is 1.20 bits per heavy atom. The minimum absolute atomic E-state index is 0.117. The van der Waals surface area contributed by atoms with Crippen molar-refractivity contribution in [3.05, 3.63) is 41.8 Å². The van der Waals surface area contributed by atoms with E-state index in [0.717, 1.165) is 5.56 Å². The molecule has 1 fully saturated rings. The molecular weight excluding hydrogens is 252 g/mol. The molecule has 2 heterocycles. The number of nitrogens with zero attached hydrogens (tertiary/aromatic N) is 3. The largest absolute Gasteiger partial charge is 0.338 e. The standard InChI is InChI=1S/C15H20N4O/c16-14(12-4-2-1-3-5-12)15-18-13(19-20-15)10-11-6-8-17-9-7-11/h6-9,12,14H,1-5,10,16H2. The summed E-state index contributed by atoms with van der Waals surface area (Å²) in [5.74, 6) is 1.76. The number of aromatic nitrogens is 3. The van der Waals surface area contributed by atoms with Crippen molar-refractivity contribution in [3.63, 3.8) is 0 Å². The molecule has 0 spiro atoms. The molecule has 1 atom stereocenters. The number of nitrogens with two attached hydrogens (primary N) is 1. The van der Waals surface area contributed by atoms with Crippen molar-refractivity contribution in [2.45, 2.75) is 44.6 Å². The van der Waals surface area contributed by atoms with Gasteiger partial charge in [-0.15, -0.1) is 0 Å². The molecule has 5 nitrogen and oxygen atoms in total. The Morgan fingerprint density at radius 3 is 2.70 bits per heavy atom. The van der Waals surface area contributed by atoms with Crippen LogP contribution in [0.2, 0.25) is 0 Å². The summed E-state index contributed by atoms with van der Waals surface area (Å²) >= 11 is 0. The summed E-state index contributed by atoms with van der Waals surface area (Å²) in [5.41, 5.74) is 7.39. The minimum atomic E-state index is -0.117. The molecular formula is C15H20N4O. The zero-order valence-electron chi connectivity index (χ0n) is 11.5. The lowest BCUT2D eigenvalue weighted by molar-refractivity contribution is 0.255. The van der Waals surface area contributed by atoms with Crippen LogP contribution in [0, 0.1) is 5.92 Å². The first kappa shape index (κ1) is 13.2. The van der Waals surface area contributed by atoms with Crippen LogP contribution >= 0.6 is 0 Å². The molecule has 106 valence electrons. The Morgan fingerprint density at radius 2 is 1.95 bits per heavy atom. The van der Waals surface area contributed by atoms with E-state index in [1.165, 1.54) is 32.1 Å². The lowest BCUT2D eigenvalue weighted by Crippen LogP contribution is -2.23. The first-order valence-corrected chi connectivity index (χ1v) is 7.30. The maximum Gasteiger partial charge on any atom is 0.243 e. The predicted octanol–water partition coefficient (Wildman–Crippen LogP) is 2.64. The molecule has 2 aromatic rings. The van der Waals surface area contributed by atoms with Crippen LogP contribution in [0.3, 0.4) is 0 Å². The Bertz CT molecular complexity index is 534. The van der Waals surface area contributed by atoms with E-state index >= 15 is 0 Å². The van der Waals surface area contributed by atoms with Crippen molar-refractivity contribution in [2.24, 2.45) is 11.7 Å². The third kappa shape index (κ3) is 3.04. The maximum absolute atomic E-state index is 6.27. The van der Waals surface area contributed by atoms with Gasteiger partial charge in [0.25, 0.3) is 0 Å². The van der Waals surface area contributed by atoms with E-state index in [2.05, 4.69) is 15.1 Å².